The molecule has 3 N–H and O–H groups in total. The van der Waals surface area contributed by atoms with Gasteiger partial charge in [0.1, 0.15) is 5.76 Å². The van der Waals surface area contributed by atoms with Gasteiger partial charge in [-0.3, -0.25) is 4.99 Å². The Labute approximate surface area is 133 Å². The van der Waals surface area contributed by atoms with Crippen molar-refractivity contribution in [1.82, 2.24) is 10.6 Å². The standard InChI is InChI=1S/C17H29N3O2/c1-3-18-16(19-11-9-14-7-6-12-22-14)20-13-17(2)10-5-4-8-15(17)21/h6-7,12,15,21H,3-5,8-11,13H2,1-2H3,(H2,18,19,20). The molecule has 124 valence electrons. The predicted molar refractivity (Wildman–Crippen MR) is 89.0 cm³/mol. The summed E-state index contributed by atoms with van der Waals surface area (Å²) < 4.78 is 5.33. The number of hydrogen-bond donors (Lipinski definition) is 3. The Morgan fingerprint density at radius 3 is 3.00 bits per heavy atom. The number of nitrogens with zero attached hydrogens (tertiary/aromatic N) is 1. The molecule has 1 fully saturated rings. The lowest BCUT2D eigenvalue weighted by molar-refractivity contribution is 0.00716. The molecule has 2 unspecified atom stereocenters. The second-order valence-electron chi connectivity index (χ2n) is 6.37. The average molecular weight is 307 g/mol. The topological polar surface area (TPSA) is 69.8 Å². The Balaban J connectivity index is 1.85. The summed E-state index contributed by atoms with van der Waals surface area (Å²) in [6, 6.07) is 3.88. The predicted octanol–water partition coefficient (Wildman–Crippen LogP) is 2.32. The van der Waals surface area contributed by atoms with E-state index in [0.29, 0.717) is 6.54 Å². The molecule has 1 aromatic heterocycles. The molecule has 1 heterocycles. The summed E-state index contributed by atoms with van der Waals surface area (Å²) in [5, 5.41) is 16.8. The van der Waals surface area contributed by atoms with Crippen LogP contribution in [0.25, 0.3) is 0 Å². The third-order valence-electron chi connectivity index (χ3n) is 4.47. The third-order valence-corrected chi connectivity index (χ3v) is 4.47. The molecule has 5 heteroatoms. The molecule has 0 spiro atoms. The molecule has 1 aromatic rings. The van der Waals surface area contributed by atoms with Gasteiger partial charge in [-0.1, -0.05) is 19.8 Å². The van der Waals surface area contributed by atoms with E-state index >= 15 is 0 Å². The number of rotatable bonds is 6. The van der Waals surface area contributed by atoms with Gasteiger partial charge in [-0.05, 0) is 31.9 Å². The minimum absolute atomic E-state index is 0.0956. The van der Waals surface area contributed by atoms with Crippen LogP contribution >= 0.6 is 0 Å². The molecule has 1 aliphatic carbocycles. The number of nitrogens with one attached hydrogen (secondary N) is 2. The van der Waals surface area contributed by atoms with E-state index in [2.05, 4.69) is 29.5 Å². The zero-order chi connectivity index (χ0) is 15.8. The Morgan fingerprint density at radius 1 is 1.45 bits per heavy atom. The van der Waals surface area contributed by atoms with Crippen LogP contribution in [0.2, 0.25) is 0 Å². The van der Waals surface area contributed by atoms with Crippen LogP contribution < -0.4 is 10.6 Å². The van der Waals surface area contributed by atoms with Crippen molar-refractivity contribution in [2.45, 2.75) is 52.1 Å². The summed E-state index contributed by atoms with van der Waals surface area (Å²) >= 11 is 0. The normalized spacial score (nSPS) is 26.0. The summed E-state index contributed by atoms with van der Waals surface area (Å²) in [5.74, 6) is 1.78. The number of guanidine groups is 1. The summed E-state index contributed by atoms with van der Waals surface area (Å²) in [7, 11) is 0. The van der Waals surface area contributed by atoms with Crippen molar-refractivity contribution in [2.24, 2.45) is 10.4 Å². The molecule has 5 nitrogen and oxygen atoms in total. The highest BCUT2D eigenvalue weighted by atomic mass is 16.3. The second-order valence-corrected chi connectivity index (χ2v) is 6.37. The average Bonchev–Trinajstić information content (AvgIpc) is 3.01. The highest BCUT2D eigenvalue weighted by Gasteiger charge is 2.35. The lowest BCUT2D eigenvalue weighted by Gasteiger charge is -2.37. The molecule has 0 radical (unpaired) electrons. The minimum atomic E-state index is -0.240. The first-order chi connectivity index (χ1) is 10.6. The van der Waals surface area contributed by atoms with Gasteiger partial charge in [0, 0.05) is 24.9 Å². The monoisotopic (exact) mass is 307 g/mol. The Bertz CT molecular complexity index is 458. The van der Waals surface area contributed by atoms with E-state index in [-0.39, 0.29) is 11.5 Å². The van der Waals surface area contributed by atoms with Crippen molar-refractivity contribution in [2.75, 3.05) is 19.6 Å². The lowest BCUT2D eigenvalue weighted by atomic mass is 9.73. The van der Waals surface area contributed by atoms with Crippen molar-refractivity contribution in [1.29, 1.82) is 0 Å². The molecule has 0 saturated heterocycles. The van der Waals surface area contributed by atoms with Gasteiger partial charge in [-0.25, -0.2) is 0 Å². The summed E-state index contributed by atoms with van der Waals surface area (Å²) in [6.07, 6.45) is 6.54. The quantitative estimate of drug-likeness (QED) is 0.557. The Morgan fingerprint density at radius 2 is 2.32 bits per heavy atom. The molecule has 0 amide bonds. The number of aliphatic hydroxyl groups excluding tert-OH is 1. The van der Waals surface area contributed by atoms with Gasteiger partial charge in [-0.2, -0.15) is 0 Å². The zero-order valence-corrected chi connectivity index (χ0v) is 13.8. The zero-order valence-electron chi connectivity index (χ0n) is 13.8. The second kappa shape index (κ2) is 8.22. The van der Waals surface area contributed by atoms with E-state index in [1.54, 1.807) is 6.26 Å². The molecular weight excluding hydrogens is 278 g/mol. The molecule has 0 aliphatic heterocycles. The van der Waals surface area contributed by atoms with Crippen LogP contribution in [-0.2, 0) is 6.42 Å². The first-order valence-corrected chi connectivity index (χ1v) is 8.36. The van der Waals surface area contributed by atoms with Crippen LogP contribution in [0.1, 0.15) is 45.3 Å². The van der Waals surface area contributed by atoms with E-state index in [9.17, 15) is 5.11 Å². The Kier molecular flexibility index (Phi) is 6.31. The fourth-order valence-corrected chi connectivity index (χ4v) is 2.93. The van der Waals surface area contributed by atoms with Gasteiger partial charge in [0.25, 0.3) is 0 Å². The van der Waals surface area contributed by atoms with E-state index < -0.39 is 0 Å². The van der Waals surface area contributed by atoms with Crippen molar-refractivity contribution < 1.29 is 9.52 Å². The number of furan rings is 1. The van der Waals surface area contributed by atoms with Gasteiger partial charge in [-0.15, -0.1) is 0 Å². The summed E-state index contributed by atoms with van der Waals surface area (Å²) in [5.41, 5.74) is -0.0956. The molecule has 0 bridgehead atoms. The van der Waals surface area contributed by atoms with Crippen LogP contribution in [0.15, 0.2) is 27.8 Å². The third kappa shape index (κ3) is 4.77. The molecule has 22 heavy (non-hydrogen) atoms. The fraction of sp³-hybridized carbons (Fsp3) is 0.706. The van der Waals surface area contributed by atoms with Gasteiger partial charge in [0.05, 0.1) is 18.9 Å². The maximum atomic E-state index is 10.2. The van der Waals surface area contributed by atoms with Crippen molar-refractivity contribution in [3.05, 3.63) is 24.2 Å². The Hall–Kier alpha value is -1.49. The first kappa shape index (κ1) is 16.9. The molecule has 1 aliphatic rings. The highest BCUT2D eigenvalue weighted by molar-refractivity contribution is 5.79. The van der Waals surface area contributed by atoms with Crippen LogP contribution in [0.4, 0.5) is 0 Å². The number of hydrogen-bond acceptors (Lipinski definition) is 3. The lowest BCUT2D eigenvalue weighted by Crippen LogP contribution is -2.42. The van der Waals surface area contributed by atoms with Crippen molar-refractivity contribution in [3.63, 3.8) is 0 Å². The molecular formula is C17H29N3O2. The molecule has 0 aromatic carbocycles. The van der Waals surface area contributed by atoms with Gasteiger partial charge in [0.15, 0.2) is 5.96 Å². The van der Waals surface area contributed by atoms with Crippen molar-refractivity contribution in [3.8, 4) is 0 Å². The van der Waals surface area contributed by atoms with Gasteiger partial charge < -0.3 is 20.2 Å². The van der Waals surface area contributed by atoms with E-state index in [1.165, 1.54) is 6.42 Å². The summed E-state index contributed by atoms with van der Waals surface area (Å²) in [4.78, 5) is 4.68. The van der Waals surface area contributed by atoms with E-state index in [4.69, 9.17) is 4.42 Å². The van der Waals surface area contributed by atoms with Crippen molar-refractivity contribution >= 4 is 5.96 Å². The SMILES string of the molecule is CCNC(=NCC1(C)CCCCC1O)NCCc1ccco1. The smallest absolute Gasteiger partial charge is 0.191 e. The molecule has 2 atom stereocenters. The van der Waals surface area contributed by atoms with E-state index in [0.717, 1.165) is 50.5 Å². The van der Waals surface area contributed by atoms with Crippen LogP contribution in [0.5, 0.6) is 0 Å². The maximum absolute atomic E-state index is 10.2. The van der Waals surface area contributed by atoms with Gasteiger partial charge >= 0.3 is 0 Å². The number of aliphatic hydroxyl groups is 1. The largest absolute Gasteiger partial charge is 0.469 e. The molecule has 1 saturated carbocycles. The van der Waals surface area contributed by atoms with Crippen LogP contribution in [0, 0.1) is 5.41 Å². The highest BCUT2D eigenvalue weighted by Crippen LogP contribution is 2.36. The van der Waals surface area contributed by atoms with Crippen LogP contribution in [0.3, 0.4) is 0 Å². The van der Waals surface area contributed by atoms with E-state index in [1.807, 2.05) is 12.1 Å². The van der Waals surface area contributed by atoms with Crippen LogP contribution in [-0.4, -0.2) is 36.8 Å². The van der Waals surface area contributed by atoms with Gasteiger partial charge in [0.2, 0.25) is 0 Å². The molecule has 2 rings (SSSR count). The number of aliphatic imine (C=N–C) groups is 1. The first-order valence-electron chi connectivity index (χ1n) is 8.36. The minimum Gasteiger partial charge on any atom is -0.469 e. The fourth-order valence-electron chi connectivity index (χ4n) is 2.93. The maximum Gasteiger partial charge on any atom is 0.191 e. The summed E-state index contributed by atoms with van der Waals surface area (Å²) in [6.45, 7) is 6.46.